The first-order chi connectivity index (χ1) is 8.99. The van der Waals surface area contributed by atoms with Crippen LogP contribution in [0.25, 0.3) is 0 Å². The molecule has 0 aromatic heterocycles. The molecule has 1 aliphatic rings. The lowest BCUT2D eigenvalue weighted by atomic mass is 10.1. The van der Waals surface area contributed by atoms with Gasteiger partial charge in [-0.1, -0.05) is 0 Å². The summed E-state index contributed by atoms with van der Waals surface area (Å²) >= 11 is 0. The van der Waals surface area contributed by atoms with Gasteiger partial charge in [0.05, 0.1) is 5.56 Å². The molecule has 6 nitrogen and oxygen atoms in total. The fraction of sp³-hybridized carbons (Fsp3) is 0.385. The zero-order valence-corrected chi connectivity index (χ0v) is 10.9. The third-order valence-corrected chi connectivity index (χ3v) is 3.32. The highest BCUT2D eigenvalue weighted by Crippen LogP contribution is 2.18. The summed E-state index contributed by atoms with van der Waals surface area (Å²) in [5, 5.41) is 0. The molecule has 0 aliphatic carbocycles. The van der Waals surface area contributed by atoms with Gasteiger partial charge in [0.25, 0.3) is 5.91 Å². The van der Waals surface area contributed by atoms with E-state index >= 15 is 0 Å². The van der Waals surface area contributed by atoms with Crippen LogP contribution in [0.15, 0.2) is 18.2 Å². The van der Waals surface area contributed by atoms with Crippen molar-refractivity contribution in [1.82, 2.24) is 9.80 Å². The zero-order chi connectivity index (χ0) is 14.0. The topological polar surface area (TPSA) is 92.7 Å². The number of nitrogens with zero attached hydrogens (tertiary/aromatic N) is 2. The average Bonchev–Trinajstić information content (AvgIpc) is 2.38. The standard InChI is InChI=1S/C13H18N4O2/c1-9(18)16-4-6-17(7-5-16)13(19)11-3-2-10(14)8-12(11)15/h2-3,8H,4-7,14-15H2,1H3. The van der Waals surface area contributed by atoms with Crippen LogP contribution < -0.4 is 11.5 Å². The summed E-state index contributed by atoms with van der Waals surface area (Å²) < 4.78 is 0. The van der Waals surface area contributed by atoms with Crippen molar-refractivity contribution in [3.8, 4) is 0 Å². The van der Waals surface area contributed by atoms with E-state index < -0.39 is 0 Å². The van der Waals surface area contributed by atoms with E-state index in [0.717, 1.165) is 0 Å². The maximum absolute atomic E-state index is 12.3. The number of piperazine rings is 1. The van der Waals surface area contributed by atoms with E-state index in [0.29, 0.717) is 43.1 Å². The second-order valence-corrected chi connectivity index (χ2v) is 4.64. The lowest BCUT2D eigenvalue weighted by molar-refractivity contribution is -0.130. The molecule has 1 fully saturated rings. The van der Waals surface area contributed by atoms with Crippen molar-refractivity contribution >= 4 is 23.2 Å². The van der Waals surface area contributed by atoms with Crippen molar-refractivity contribution in [1.29, 1.82) is 0 Å². The SMILES string of the molecule is CC(=O)N1CCN(C(=O)c2ccc(N)cc2N)CC1. The van der Waals surface area contributed by atoms with Crippen molar-refractivity contribution in [3.05, 3.63) is 23.8 Å². The van der Waals surface area contributed by atoms with E-state index in [1.54, 1.807) is 28.0 Å². The Balaban J connectivity index is 2.07. The highest BCUT2D eigenvalue weighted by atomic mass is 16.2. The van der Waals surface area contributed by atoms with Gasteiger partial charge in [0.2, 0.25) is 5.91 Å². The molecule has 0 radical (unpaired) electrons. The van der Waals surface area contributed by atoms with Gasteiger partial charge in [-0.05, 0) is 18.2 Å². The molecule has 19 heavy (non-hydrogen) atoms. The molecule has 0 spiro atoms. The minimum Gasteiger partial charge on any atom is -0.399 e. The first-order valence-electron chi connectivity index (χ1n) is 6.19. The maximum Gasteiger partial charge on any atom is 0.256 e. The third-order valence-electron chi connectivity index (χ3n) is 3.32. The van der Waals surface area contributed by atoms with Gasteiger partial charge in [0.15, 0.2) is 0 Å². The summed E-state index contributed by atoms with van der Waals surface area (Å²) in [5.41, 5.74) is 12.8. The maximum atomic E-state index is 12.3. The van der Waals surface area contributed by atoms with E-state index in [9.17, 15) is 9.59 Å². The molecule has 1 saturated heterocycles. The van der Waals surface area contributed by atoms with Gasteiger partial charge in [-0.2, -0.15) is 0 Å². The number of anilines is 2. The molecular weight excluding hydrogens is 244 g/mol. The lowest BCUT2D eigenvalue weighted by Gasteiger charge is -2.34. The van der Waals surface area contributed by atoms with Gasteiger partial charge in [-0.25, -0.2) is 0 Å². The summed E-state index contributed by atoms with van der Waals surface area (Å²) in [5.74, 6) is -0.0696. The van der Waals surface area contributed by atoms with Crippen molar-refractivity contribution in [2.45, 2.75) is 6.92 Å². The van der Waals surface area contributed by atoms with Crippen molar-refractivity contribution in [2.24, 2.45) is 0 Å². The van der Waals surface area contributed by atoms with E-state index in [4.69, 9.17) is 11.5 Å². The summed E-state index contributed by atoms with van der Waals surface area (Å²) in [7, 11) is 0. The largest absolute Gasteiger partial charge is 0.399 e. The van der Waals surface area contributed by atoms with Crippen LogP contribution in [0.2, 0.25) is 0 Å². The molecule has 4 N–H and O–H groups in total. The van der Waals surface area contributed by atoms with Crippen LogP contribution in [-0.2, 0) is 4.79 Å². The number of carbonyl (C=O) groups excluding carboxylic acids is 2. The van der Waals surface area contributed by atoms with Crippen LogP contribution in [0.1, 0.15) is 17.3 Å². The summed E-state index contributed by atoms with van der Waals surface area (Å²) in [6.07, 6.45) is 0. The van der Waals surface area contributed by atoms with Gasteiger partial charge in [0.1, 0.15) is 0 Å². The molecule has 0 bridgehead atoms. The number of nitrogen functional groups attached to an aromatic ring is 2. The lowest BCUT2D eigenvalue weighted by Crippen LogP contribution is -2.50. The number of carbonyl (C=O) groups is 2. The first-order valence-corrected chi connectivity index (χ1v) is 6.19. The quantitative estimate of drug-likeness (QED) is 0.705. The van der Waals surface area contributed by atoms with Crippen LogP contribution in [0.5, 0.6) is 0 Å². The number of nitrogens with two attached hydrogens (primary N) is 2. The van der Waals surface area contributed by atoms with Gasteiger partial charge >= 0.3 is 0 Å². The monoisotopic (exact) mass is 262 g/mol. The van der Waals surface area contributed by atoms with E-state index in [2.05, 4.69) is 0 Å². The van der Waals surface area contributed by atoms with Crippen LogP contribution in [0, 0.1) is 0 Å². The van der Waals surface area contributed by atoms with Crippen LogP contribution in [0.3, 0.4) is 0 Å². The zero-order valence-electron chi connectivity index (χ0n) is 10.9. The average molecular weight is 262 g/mol. The fourth-order valence-electron chi connectivity index (χ4n) is 2.17. The van der Waals surface area contributed by atoms with Crippen molar-refractivity contribution in [2.75, 3.05) is 37.6 Å². The van der Waals surface area contributed by atoms with Crippen LogP contribution in [0.4, 0.5) is 11.4 Å². The molecule has 0 unspecified atom stereocenters. The molecule has 0 atom stereocenters. The Kier molecular flexibility index (Phi) is 3.59. The summed E-state index contributed by atoms with van der Waals surface area (Å²) in [4.78, 5) is 27.0. The number of hydrogen-bond acceptors (Lipinski definition) is 4. The predicted molar refractivity (Wildman–Crippen MR) is 73.4 cm³/mol. The summed E-state index contributed by atoms with van der Waals surface area (Å²) in [6.45, 7) is 3.73. The van der Waals surface area contributed by atoms with Gasteiger partial charge in [-0.15, -0.1) is 0 Å². The molecule has 1 heterocycles. The van der Waals surface area contributed by atoms with Crippen LogP contribution in [-0.4, -0.2) is 47.8 Å². The Hall–Kier alpha value is -2.24. The highest BCUT2D eigenvalue weighted by Gasteiger charge is 2.24. The summed E-state index contributed by atoms with van der Waals surface area (Å²) in [6, 6.07) is 4.89. The minimum atomic E-state index is -0.110. The number of amides is 2. The predicted octanol–water partition coefficient (Wildman–Crippen LogP) is 0.155. The Morgan fingerprint density at radius 2 is 1.63 bits per heavy atom. The molecule has 102 valence electrons. The number of rotatable bonds is 1. The Labute approximate surface area is 112 Å². The third kappa shape index (κ3) is 2.78. The minimum absolute atomic E-state index is 0.0408. The van der Waals surface area contributed by atoms with Crippen molar-refractivity contribution in [3.63, 3.8) is 0 Å². The van der Waals surface area contributed by atoms with Gasteiger partial charge in [-0.3, -0.25) is 9.59 Å². The Bertz CT molecular complexity index is 507. The van der Waals surface area contributed by atoms with E-state index in [-0.39, 0.29) is 11.8 Å². The second kappa shape index (κ2) is 5.17. The van der Waals surface area contributed by atoms with Crippen molar-refractivity contribution < 1.29 is 9.59 Å². The second-order valence-electron chi connectivity index (χ2n) is 4.64. The van der Waals surface area contributed by atoms with Gasteiger partial charge in [0, 0.05) is 44.5 Å². The number of hydrogen-bond donors (Lipinski definition) is 2. The molecule has 1 aromatic rings. The highest BCUT2D eigenvalue weighted by molar-refractivity contribution is 5.99. The van der Waals surface area contributed by atoms with E-state index in [1.165, 1.54) is 6.92 Å². The van der Waals surface area contributed by atoms with Crippen LogP contribution >= 0.6 is 0 Å². The molecule has 2 rings (SSSR count). The Morgan fingerprint density at radius 3 is 2.16 bits per heavy atom. The number of benzene rings is 1. The fourth-order valence-corrected chi connectivity index (χ4v) is 2.17. The molecule has 1 aliphatic heterocycles. The van der Waals surface area contributed by atoms with E-state index in [1.807, 2.05) is 0 Å². The Morgan fingerprint density at radius 1 is 1.05 bits per heavy atom. The molecule has 1 aromatic carbocycles. The normalized spacial score (nSPS) is 15.4. The van der Waals surface area contributed by atoms with Gasteiger partial charge < -0.3 is 21.3 Å². The molecular formula is C13H18N4O2. The molecule has 0 saturated carbocycles. The molecule has 2 amide bonds. The molecule has 6 heteroatoms. The first kappa shape index (κ1) is 13.2. The smallest absolute Gasteiger partial charge is 0.256 e.